The molecule has 0 aliphatic carbocycles. The van der Waals surface area contributed by atoms with Crippen LogP contribution < -0.4 is 5.32 Å². The molecule has 0 radical (unpaired) electrons. The van der Waals surface area contributed by atoms with Crippen LogP contribution in [0.25, 0.3) is 0 Å². The van der Waals surface area contributed by atoms with E-state index in [1.165, 1.54) is 32.2 Å². The Bertz CT molecular complexity index is 133. The summed E-state index contributed by atoms with van der Waals surface area (Å²) in [5, 5.41) is 3.19. The van der Waals surface area contributed by atoms with Crippen molar-refractivity contribution in [1.82, 2.24) is 10.2 Å². The van der Waals surface area contributed by atoms with E-state index in [0.717, 1.165) is 25.8 Å². The second kappa shape index (κ2) is 7.21. The van der Waals surface area contributed by atoms with E-state index >= 15 is 0 Å². The quantitative estimate of drug-likeness (QED) is 0.673. The molecule has 0 bridgehead atoms. The molecule has 14 heavy (non-hydrogen) atoms. The molecule has 0 spiro atoms. The van der Waals surface area contributed by atoms with Gasteiger partial charge in [0.05, 0.1) is 0 Å². The molecular formula is C11H24N2O. The average Bonchev–Trinajstić information content (AvgIpc) is 2.46. The third-order valence-corrected chi connectivity index (χ3v) is 2.98. The maximum atomic E-state index is 5.46. The molecule has 0 aromatic carbocycles. The van der Waals surface area contributed by atoms with Crippen molar-refractivity contribution in [2.75, 3.05) is 40.4 Å². The monoisotopic (exact) mass is 200 g/mol. The standard InChI is InChI=1S/C11H24N2O/c1-12-7-4-8-13(2)11-5-3-9-14-10-6-11/h11-12H,3-10H2,1-2H3. The first-order chi connectivity index (χ1) is 6.84. The van der Waals surface area contributed by atoms with Gasteiger partial charge < -0.3 is 15.0 Å². The van der Waals surface area contributed by atoms with Gasteiger partial charge in [-0.15, -0.1) is 0 Å². The van der Waals surface area contributed by atoms with E-state index < -0.39 is 0 Å². The fourth-order valence-electron chi connectivity index (χ4n) is 2.02. The van der Waals surface area contributed by atoms with E-state index in [0.29, 0.717) is 0 Å². The Hall–Kier alpha value is -0.120. The van der Waals surface area contributed by atoms with E-state index in [9.17, 15) is 0 Å². The lowest BCUT2D eigenvalue weighted by Gasteiger charge is -2.26. The lowest BCUT2D eigenvalue weighted by atomic mass is 10.1. The molecule has 1 heterocycles. The Morgan fingerprint density at radius 3 is 3.00 bits per heavy atom. The summed E-state index contributed by atoms with van der Waals surface area (Å²) in [6.07, 6.45) is 4.97. The molecule has 0 saturated carbocycles. The lowest BCUT2D eigenvalue weighted by Crippen LogP contribution is -2.33. The minimum atomic E-state index is 0.745. The first-order valence-electron chi connectivity index (χ1n) is 5.77. The lowest BCUT2D eigenvalue weighted by molar-refractivity contribution is 0.134. The number of hydrogen-bond acceptors (Lipinski definition) is 3. The van der Waals surface area contributed by atoms with Gasteiger partial charge in [-0.3, -0.25) is 0 Å². The topological polar surface area (TPSA) is 24.5 Å². The maximum Gasteiger partial charge on any atom is 0.0480 e. The molecule has 1 fully saturated rings. The normalized spacial score (nSPS) is 23.8. The third-order valence-electron chi connectivity index (χ3n) is 2.98. The smallest absolute Gasteiger partial charge is 0.0480 e. The van der Waals surface area contributed by atoms with Crippen LogP contribution in [-0.2, 0) is 4.74 Å². The van der Waals surface area contributed by atoms with Gasteiger partial charge in [0.25, 0.3) is 0 Å². The summed E-state index contributed by atoms with van der Waals surface area (Å²) in [6.45, 7) is 4.22. The summed E-state index contributed by atoms with van der Waals surface area (Å²) in [5.41, 5.74) is 0. The van der Waals surface area contributed by atoms with E-state index in [4.69, 9.17) is 4.74 Å². The SMILES string of the molecule is CNCCCN(C)C1CCCOCC1. The zero-order valence-corrected chi connectivity index (χ0v) is 9.59. The van der Waals surface area contributed by atoms with E-state index in [2.05, 4.69) is 17.3 Å². The molecule has 0 aromatic rings. The molecule has 1 aliphatic heterocycles. The number of hydrogen-bond donors (Lipinski definition) is 1. The van der Waals surface area contributed by atoms with Crippen molar-refractivity contribution in [3.05, 3.63) is 0 Å². The Labute approximate surface area is 87.8 Å². The molecule has 1 unspecified atom stereocenters. The van der Waals surface area contributed by atoms with Crippen LogP contribution in [0.3, 0.4) is 0 Å². The highest BCUT2D eigenvalue weighted by molar-refractivity contribution is 4.71. The van der Waals surface area contributed by atoms with Gasteiger partial charge in [-0.2, -0.15) is 0 Å². The van der Waals surface area contributed by atoms with Crippen molar-refractivity contribution in [2.24, 2.45) is 0 Å². The van der Waals surface area contributed by atoms with Crippen molar-refractivity contribution in [1.29, 1.82) is 0 Å². The van der Waals surface area contributed by atoms with Gasteiger partial charge in [-0.1, -0.05) is 0 Å². The third kappa shape index (κ3) is 4.40. The summed E-state index contributed by atoms with van der Waals surface area (Å²) in [6, 6.07) is 0.745. The predicted molar refractivity (Wildman–Crippen MR) is 59.6 cm³/mol. The summed E-state index contributed by atoms with van der Waals surface area (Å²) in [4.78, 5) is 2.49. The van der Waals surface area contributed by atoms with Crippen LogP contribution in [0, 0.1) is 0 Å². The number of ether oxygens (including phenoxy) is 1. The van der Waals surface area contributed by atoms with Crippen LogP contribution >= 0.6 is 0 Å². The van der Waals surface area contributed by atoms with Crippen LogP contribution in [0.2, 0.25) is 0 Å². The molecular weight excluding hydrogens is 176 g/mol. The predicted octanol–water partition coefficient (Wildman–Crippen LogP) is 1.10. The number of rotatable bonds is 5. The summed E-state index contributed by atoms with van der Waals surface area (Å²) in [7, 11) is 4.26. The van der Waals surface area contributed by atoms with Gasteiger partial charge >= 0.3 is 0 Å². The van der Waals surface area contributed by atoms with Gasteiger partial charge in [-0.05, 0) is 52.9 Å². The molecule has 3 heteroatoms. The highest BCUT2D eigenvalue weighted by Gasteiger charge is 2.16. The second-order valence-corrected chi connectivity index (χ2v) is 4.13. The Morgan fingerprint density at radius 1 is 1.36 bits per heavy atom. The minimum absolute atomic E-state index is 0.745. The van der Waals surface area contributed by atoms with Gasteiger partial charge in [0.2, 0.25) is 0 Å². The van der Waals surface area contributed by atoms with Crippen molar-refractivity contribution in [2.45, 2.75) is 31.7 Å². The van der Waals surface area contributed by atoms with Crippen molar-refractivity contribution >= 4 is 0 Å². The Morgan fingerprint density at radius 2 is 2.21 bits per heavy atom. The molecule has 1 rings (SSSR count). The minimum Gasteiger partial charge on any atom is -0.381 e. The number of nitrogens with zero attached hydrogens (tertiary/aromatic N) is 1. The van der Waals surface area contributed by atoms with Crippen LogP contribution in [-0.4, -0.2) is 51.3 Å². The van der Waals surface area contributed by atoms with Crippen LogP contribution in [0.1, 0.15) is 25.7 Å². The molecule has 1 aliphatic rings. The van der Waals surface area contributed by atoms with Gasteiger partial charge in [-0.25, -0.2) is 0 Å². The Kier molecular flexibility index (Phi) is 6.15. The number of nitrogens with one attached hydrogen (secondary N) is 1. The average molecular weight is 200 g/mol. The summed E-state index contributed by atoms with van der Waals surface area (Å²) in [5.74, 6) is 0. The Balaban J connectivity index is 2.16. The largest absolute Gasteiger partial charge is 0.381 e. The molecule has 0 aromatic heterocycles. The molecule has 0 amide bonds. The fraction of sp³-hybridized carbons (Fsp3) is 1.00. The van der Waals surface area contributed by atoms with E-state index in [1.54, 1.807) is 0 Å². The molecule has 1 atom stereocenters. The zero-order chi connectivity index (χ0) is 10.2. The van der Waals surface area contributed by atoms with Crippen molar-refractivity contribution in [3.8, 4) is 0 Å². The molecule has 1 saturated heterocycles. The second-order valence-electron chi connectivity index (χ2n) is 4.13. The van der Waals surface area contributed by atoms with Crippen molar-refractivity contribution in [3.63, 3.8) is 0 Å². The van der Waals surface area contributed by atoms with Gasteiger partial charge in [0, 0.05) is 19.3 Å². The maximum absolute atomic E-state index is 5.46. The highest BCUT2D eigenvalue weighted by Crippen LogP contribution is 2.13. The van der Waals surface area contributed by atoms with Crippen LogP contribution in [0.15, 0.2) is 0 Å². The van der Waals surface area contributed by atoms with Gasteiger partial charge in [0.15, 0.2) is 0 Å². The van der Waals surface area contributed by atoms with Gasteiger partial charge in [0.1, 0.15) is 0 Å². The van der Waals surface area contributed by atoms with Crippen molar-refractivity contribution < 1.29 is 4.74 Å². The first kappa shape index (κ1) is 12.0. The molecule has 3 nitrogen and oxygen atoms in total. The summed E-state index contributed by atoms with van der Waals surface area (Å²) < 4.78 is 5.46. The fourth-order valence-corrected chi connectivity index (χ4v) is 2.02. The van der Waals surface area contributed by atoms with E-state index in [-0.39, 0.29) is 0 Å². The molecule has 1 N–H and O–H groups in total. The van der Waals surface area contributed by atoms with Crippen LogP contribution in [0.4, 0.5) is 0 Å². The molecule has 84 valence electrons. The van der Waals surface area contributed by atoms with E-state index in [1.807, 2.05) is 7.05 Å². The zero-order valence-electron chi connectivity index (χ0n) is 9.59. The van der Waals surface area contributed by atoms with Crippen LogP contribution in [0.5, 0.6) is 0 Å². The summed E-state index contributed by atoms with van der Waals surface area (Å²) >= 11 is 0. The first-order valence-corrected chi connectivity index (χ1v) is 5.77. The highest BCUT2D eigenvalue weighted by atomic mass is 16.5.